The number of fused-ring (bicyclic) bond motifs is 3. The molecular weight excluding hydrogens is 404 g/mol. The minimum atomic E-state index is -1.34. The van der Waals surface area contributed by atoms with E-state index in [4.69, 9.17) is 11.6 Å². The fourth-order valence-electron chi connectivity index (χ4n) is 3.33. The number of imidazole rings is 1. The Morgan fingerprint density at radius 2 is 1.72 bits per heavy atom. The monoisotopic (exact) mass is 418 g/mol. The van der Waals surface area contributed by atoms with Crippen LogP contribution in [0.2, 0.25) is 5.02 Å². The van der Waals surface area contributed by atoms with Gasteiger partial charge in [0.15, 0.2) is 0 Å². The Morgan fingerprint density at radius 3 is 2.55 bits per heavy atom. The molecule has 0 bridgehead atoms. The number of benzene rings is 2. The van der Waals surface area contributed by atoms with Crippen LogP contribution in [0.15, 0.2) is 84.4 Å². The lowest BCUT2D eigenvalue weighted by Crippen LogP contribution is -2.04. The quantitative estimate of drug-likeness (QED) is 0.389. The molecule has 0 N–H and O–H groups in total. The van der Waals surface area contributed by atoms with E-state index >= 15 is 0 Å². The molecule has 0 aliphatic rings. The molecule has 1 unspecified atom stereocenters. The topological polar surface area (TPSA) is 60.2 Å². The van der Waals surface area contributed by atoms with Gasteiger partial charge in [0.25, 0.3) is 0 Å². The molecule has 5 nitrogen and oxygen atoms in total. The van der Waals surface area contributed by atoms with Crippen LogP contribution in [0.25, 0.3) is 27.8 Å². The van der Waals surface area contributed by atoms with E-state index in [9.17, 15) is 4.21 Å². The Balaban J connectivity index is 1.63. The lowest BCUT2D eigenvalue weighted by atomic mass is 10.1. The number of halogens is 1. The van der Waals surface area contributed by atoms with Gasteiger partial charge in [0.05, 0.1) is 16.6 Å². The van der Waals surface area contributed by atoms with E-state index in [1.54, 1.807) is 12.4 Å². The van der Waals surface area contributed by atoms with Crippen molar-refractivity contribution in [2.24, 2.45) is 0 Å². The van der Waals surface area contributed by atoms with Crippen molar-refractivity contribution in [3.8, 4) is 11.1 Å². The first-order valence-corrected chi connectivity index (χ1v) is 10.7. The van der Waals surface area contributed by atoms with Crippen molar-refractivity contribution in [2.45, 2.75) is 10.9 Å². The van der Waals surface area contributed by atoms with Gasteiger partial charge in [-0.2, -0.15) is 0 Å². The van der Waals surface area contributed by atoms with Crippen LogP contribution >= 0.6 is 11.6 Å². The maximum atomic E-state index is 12.8. The van der Waals surface area contributed by atoms with Crippen molar-refractivity contribution in [3.63, 3.8) is 0 Å². The minimum absolute atomic E-state index is 0.307. The standard InChI is InChI=1S/C22H15ClN4OS/c23-19-9-5-4-8-17(19)18-12-16-13-25-22(26-20(16)27-11-10-24-21(18)27)29(28)14-15-6-2-1-3-7-15/h1-13H,14H2. The van der Waals surface area contributed by atoms with E-state index in [1.165, 1.54) is 0 Å². The van der Waals surface area contributed by atoms with Gasteiger partial charge in [-0.3, -0.25) is 8.61 Å². The van der Waals surface area contributed by atoms with Crippen molar-refractivity contribution in [1.29, 1.82) is 0 Å². The Hall–Kier alpha value is -3.09. The maximum Gasteiger partial charge on any atom is 0.220 e. The summed E-state index contributed by atoms with van der Waals surface area (Å²) in [5.74, 6) is 0.372. The summed E-state index contributed by atoms with van der Waals surface area (Å²) >= 11 is 6.41. The van der Waals surface area contributed by atoms with Crippen molar-refractivity contribution < 1.29 is 4.21 Å². The molecule has 0 aliphatic heterocycles. The first kappa shape index (κ1) is 18.0. The first-order chi connectivity index (χ1) is 14.2. The van der Waals surface area contributed by atoms with Crippen molar-refractivity contribution in [2.75, 3.05) is 0 Å². The zero-order chi connectivity index (χ0) is 19.8. The third kappa shape index (κ3) is 3.30. The Kier molecular flexibility index (Phi) is 4.58. The van der Waals surface area contributed by atoms with Crippen molar-refractivity contribution >= 4 is 39.1 Å². The molecule has 0 amide bonds. The van der Waals surface area contributed by atoms with E-state index < -0.39 is 10.8 Å². The van der Waals surface area contributed by atoms with Gasteiger partial charge < -0.3 is 0 Å². The fraction of sp³-hybridized carbons (Fsp3) is 0.0455. The predicted octanol–water partition coefficient (Wildman–Crippen LogP) is 4.91. The number of aromatic nitrogens is 4. The number of pyridine rings is 1. The summed E-state index contributed by atoms with van der Waals surface area (Å²) in [6.45, 7) is 0. The fourth-order valence-corrected chi connectivity index (χ4v) is 4.55. The number of hydrogen-bond donors (Lipinski definition) is 0. The molecule has 5 rings (SSSR count). The highest BCUT2D eigenvalue weighted by molar-refractivity contribution is 7.84. The molecule has 142 valence electrons. The van der Waals surface area contributed by atoms with Crippen LogP contribution < -0.4 is 0 Å². The van der Waals surface area contributed by atoms with Crippen LogP contribution in [0.1, 0.15) is 5.56 Å². The summed E-state index contributed by atoms with van der Waals surface area (Å²) < 4.78 is 14.7. The largest absolute Gasteiger partial charge is 0.283 e. The summed E-state index contributed by atoms with van der Waals surface area (Å²) in [4.78, 5) is 13.5. The van der Waals surface area contributed by atoms with Gasteiger partial charge >= 0.3 is 0 Å². The lowest BCUT2D eigenvalue weighted by molar-refractivity contribution is 0.675. The maximum absolute atomic E-state index is 12.8. The van der Waals surface area contributed by atoms with Gasteiger partial charge in [-0.05, 0) is 17.7 Å². The van der Waals surface area contributed by atoms with Crippen LogP contribution in [0.4, 0.5) is 0 Å². The summed E-state index contributed by atoms with van der Waals surface area (Å²) in [5.41, 5.74) is 4.18. The van der Waals surface area contributed by atoms with Gasteiger partial charge in [0.2, 0.25) is 5.16 Å². The third-order valence-corrected chi connectivity index (χ3v) is 6.22. The average Bonchev–Trinajstić information content (AvgIpc) is 3.24. The summed E-state index contributed by atoms with van der Waals surface area (Å²) in [5, 5.41) is 1.78. The Labute approximate surface area is 174 Å². The van der Waals surface area contributed by atoms with Gasteiger partial charge in [0, 0.05) is 40.1 Å². The van der Waals surface area contributed by atoms with Crippen molar-refractivity contribution in [3.05, 3.63) is 89.8 Å². The van der Waals surface area contributed by atoms with Gasteiger partial charge in [-0.25, -0.2) is 15.0 Å². The molecule has 29 heavy (non-hydrogen) atoms. The Morgan fingerprint density at radius 1 is 0.931 bits per heavy atom. The molecule has 5 aromatic rings. The lowest BCUT2D eigenvalue weighted by Gasteiger charge is -2.10. The molecule has 1 atom stereocenters. The van der Waals surface area contributed by atoms with Gasteiger partial charge in [-0.1, -0.05) is 60.1 Å². The Bertz CT molecular complexity index is 1370. The zero-order valence-electron chi connectivity index (χ0n) is 15.2. The van der Waals surface area contributed by atoms with Gasteiger partial charge in [-0.15, -0.1) is 0 Å². The van der Waals surface area contributed by atoms with Crippen LogP contribution in [0, 0.1) is 0 Å². The highest BCUT2D eigenvalue weighted by Gasteiger charge is 2.15. The SMILES string of the molecule is O=S(Cc1ccccc1)c1ncc2cc(-c3ccccc3Cl)c3nccn3c2n1. The molecule has 0 spiro atoms. The number of rotatable bonds is 4. The van der Waals surface area contributed by atoms with E-state index in [-0.39, 0.29) is 0 Å². The predicted molar refractivity (Wildman–Crippen MR) is 115 cm³/mol. The number of hydrogen-bond acceptors (Lipinski definition) is 4. The van der Waals surface area contributed by atoms with Crippen LogP contribution in [-0.4, -0.2) is 23.6 Å². The molecule has 3 aromatic heterocycles. The second-order valence-electron chi connectivity index (χ2n) is 6.57. The highest BCUT2D eigenvalue weighted by atomic mass is 35.5. The summed E-state index contributed by atoms with van der Waals surface area (Å²) in [6.07, 6.45) is 5.27. The van der Waals surface area contributed by atoms with Crippen LogP contribution in [-0.2, 0) is 16.6 Å². The highest BCUT2D eigenvalue weighted by Crippen LogP contribution is 2.32. The van der Waals surface area contributed by atoms with E-state index in [0.29, 0.717) is 21.6 Å². The first-order valence-electron chi connectivity index (χ1n) is 9.01. The number of nitrogens with zero attached hydrogens (tertiary/aromatic N) is 4. The van der Waals surface area contributed by atoms with Gasteiger partial charge in [0.1, 0.15) is 11.3 Å². The molecule has 0 radical (unpaired) electrons. The summed E-state index contributed by atoms with van der Waals surface area (Å²) in [6, 6.07) is 19.3. The van der Waals surface area contributed by atoms with Crippen molar-refractivity contribution in [1.82, 2.24) is 19.4 Å². The molecule has 0 fully saturated rings. The molecule has 0 aliphatic carbocycles. The molecule has 3 heterocycles. The molecular formula is C22H15ClN4OS. The van der Waals surface area contributed by atoms with Crippen LogP contribution in [0.3, 0.4) is 0 Å². The average molecular weight is 419 g/mol. The third-order valence-electron chi connectivity index (χ3n) is 4.69. The minimum Gasteiger partial charge on any atom is -0.283 e. The normalized spacial score (nSPS) is 12.4. The second-order valence-corrected chi connectivity index (χ2v) is 8.32. The van der Waals surface area contributed by atoms with Crippen LogP contribution in [0.5, 0.6) is 0 Å². The van der Waals surface area contributed by atoms with E-state index in [1.807, 2.05) is 71.3 Å². The van der Waals surface area contributed by atoms with E-state index in [2.05, 4.69) is 15.0 Å². The summed E-state index contributed by atoms with van der Waals surface area (Å²) in [7, 11) is -1.34. The second kappa shape index (κ2) is 7.39. The zero-order valence-corrected chi connectivity index (χ0v) is 16.8. The smallest absolute Gasteiger partial charge is 0.220 e. The molecule has 7 heteroatoms. The molecule has 2 aromatic carbocycles. The molecule has 0 saturated heterocycles. The molecule has 0 saturated carbocycles. The van der Waals surface area contributed by atoms with E-state index in [0.717, 1.165) is 27.7 Å².